The number of hydrogen-bond donors (Lipinski definition) is 2. The van der Waals surface area contributed by atoms with Gasteiger partial charge in [-0.1, -0.05) is 60.7 Å². The molecule has 0 aliphatic heterocycles. The Kier molecular flexibility index (Phi) is 8.58. The number of benzene rings is 6. The van der Waals surface area contributed by atoms with E-state index in [0.717, 1.165) is 90.8 Å². The minimum Gasteiger partial charge on any atom is -0.497 e. The van der Waals surface area contributed by atoms with Crippen molar-refractivity contribution in [1.29, 1.82) is 0 Å². The topological polar surface area (TPSA) is 85.1 Å². The molecule has 0 saturated heterocycles. The summed E-state index contributed by atoms with van der Waals surface area (Å²) >= 11 is 0. The van der Waals surface area contributed by atoms with Crippen molar-refractivity contribution >= 4 is 0 Å². The number of hydrogen-bond acceptors (Lipinski definition) is 5. The van der Waals surface area contributed by atoms with Gasteiger partial charge in [0, 0.05) is 33.4 Å². The van der Waals surface area contributed by atoms with Crippen LogP contribution in [0.1, 0.15) is 0 Å². The van der Waals surface area contributed by atoms with Crippen LogP contribution >= 0.6 is 0 Å². The molecule has 0 atom stereocenters. The lowest BCUT2D eigenvalue weighted by atomic mass is 10.0. The average Bonchev–Trinajstić information content (AvgIpc) is 3.86. The molecule has 0 aliphatic rings. The highest BCUT2D eigenvalue weighted by atomic mass is 16.5. The van der Waals surface area contributed by atoms with Crippen LogP contribution in [0.2, 0.25) is 0 Å². The maximum Gasteiger partial charge on any atom is 0.138 e. The quantitative estimate of drug-likeness (QED) is 0.152. The molecule has 0 saturated carbocycles. The molecule has 6 aromatic carbocycles. The standard InChI is InChI=1S/C44H34N4O3/c1-49-35-21-17-33(18-22-35)43-45-39(29-9-5-3-6-10-29)41(47-43)31-13-25-37(26-14-31)51-38-27-15-32(16-28-38)42-40(30-11-7-4-8-12-30)46-44(48-42)34-19-23-36(50-2)24-20-34/h3-28H,1-2H3,(H,45,47)(H,46,48). The zero-order valence-corrected chi connectivity index (χ0v) is 28.1. The van der Waals surface area contributed by atoms with E-state index in [-0.39, 0.29) is 0 Å². The molecule has 7 nitrogen and oxygen atoms in total. The number of aromatic nitrogens is 4. The molecule has 0 spiro atoms. The molecule has 0 bridgehead atoms. The molecule has 8 aromatic rings. The van der Waals surface area contributed by atoms with Crippen LogP contribution in [0.3, 0.4) is 0 Å². The molecule has 0 unspecified atom stereocenters. The van der Waals surface area contributed by atoms with E-state index >= 15 is 0 Å². The van der Waals surface area contributed by atoms with Gasteiger partial charge in [0.25, 0.3) is 0 Å². The Morgan fingerprint density at radius 1 is 0.353 bits per heavy atom. The molecule has 2 aromatic heterocycles. The normalized spacial score (nSPS) is 10.9. The van der Waals surface area contributed by atoms with Gasteiger partial charge in [-0.3, -0.25) is 0 Å². The number of ether oxygens (including phenoxy) is 3. The van der Waals surface area contributed by atoms with Crippen molar-refractivity contribution < 1.29 is 14.2 Å². The first-order chi connectivity index (χ1) is 25.1. The maximum atomic E-state index is 6.31. The number of nitrogens with one attached hydrogen (secondary N) is 2. The van der Waals surface area contributed by atoms with Crippen molar-refractivity contribution in [3.63, 3.8) is 0 Å². The third-order valence-corrected chi connectivity index (χ3v) is 8.75. The number of aromatic amines is 2. The van der Waals surface area contributed by atoms with Gasteiger partial charge in [-0.05, 0) is 97.1 Å². The summed E-state index contributed by atoms with van der Waals surface area (Å²) in [4.78, 5) is 17.2. The Morgan fingerprint density at radius 2 is 0.686 bits per heavy atom. The van der Waals surface area contributed by atoms with Gasteiger partial charge in [-0.2, -0.15) is 0 Å². The first kappa shape index (κ1) is 31.4. The van der Waals surface area contributed by atoms with Gasteiger partial charge in [0.05, 0.1) is 37.0 Å². The van der Waals surface area contributed by atoms with Gasteiger partial charge >= 0.3 is 0 Å². The first-order valence-electron chi connectivity index (χ1n) is 16.6. The summed E-state index contributed by atoms with van der Waals surface area (Å²) in [6.07, 6.45) is 0. The molecule has 248 valence electrons. The molecule has 7 heteroatoms. The third-order valence-electron chi connectivity index (χ3n) is 8.75. The van der Waals surface area contributed by atoms with Crippen molar-refractivity contribution in [2.45, 2.75) is 0 Å². The summed E-state index contributed by atoms with van der Waals surface area (Å²) in [5.41, 5.74) is 9.67. The van der Waals surface area contributed by atoms with E-state index in [1.807, 2.05) is 109 Å². The lowest BCUT2D eigenvalue weighted by Crippen LogP contribution is -1.88. The van der Waals surface area contributed by atoms with Crippen LogP contribution in [0.5, 0.6) is 23.0 Å². The fourth-order valence-electron chi connectivity index (χ4n) is 6.06. The van der Waals surface area contributed by atoms with E-state index in [0.29, 0.717) is 0 Å². The predicted octanol–water partition coefficient (Wildman–Crippen LogP) is 10.9. The minimum atomic E-state index is 0.732. The molecular weight excluding hydrogens is 633 g/mol. The van der Waals surface area contributed by atoms with Crippen molar-refractivity contribution in [3.05, 3.63) is 158 Å². The largest absolute Gasteiger partial charge is 0.497 e. The Balaban J connectivity index is 1.05. The minimum absolute atomic E-state index is 0.732. The van der Waals surface area contributed by atoms with Gasteiger partial charge < -0.3 is 24.2 Å². The lowest BCUT2D eigenvalue weighted by Gasteiger charge is -2.09. The summed E-state index contributed by atoms with van der Waals surface area (Å²) in [6.45, 7) is 0. The van der Waals surface area contributed by atoms with Gasteiger partial charge in [-0.25, -0.2) is 9.97 Å². The first-order valence-corrected chi connectivity index (χ1v) is 16.6. The van der Waals surface area contributed by atoms with Crippen LogP contribution in [-0.4, -0.2) is 34.2 Å². The number of H-pyrrole nitrogens is 2. The van der Waals surface area contributed by atoms with Gasteiger partial charge in [-0.15, -0.1) is 0 Å². The molecule has 51 heavy (non-hydrogen) atoms. The van der Waals surface area contributed by atoms with E-state index in [4.69, 9.17) is 24.2 Å². The Bertz CT molecular complexity index is 2190. The molecular formula is C44H34N4O3. The SMILES string of the molecule is COc1ccc(-c2nc(-c3ccccc3)c(-c3ccc(Oc4ccc(-c5[nH]c(-c6ccc(OC)cc6)nc5-c5ccccc5)cc4)cc3)[nH]2)cc1. The van der Waals surface area contributed by atoms with Crippen LogP contribution in [0.15, 0.2) is 158 Å². The average molecular weight is 667 g/mol. The summed E-state index contributed by atoms with van der Waals surface area (Å²) in [5.74, 6) is 4.64. The van der Waals surface area contributed by atoms with Crippen LogP contribution in [0.25, 0.3) is 67.8 Å². The highest BCUT2D eigenvalue weighted by molar-refractivity contribution is 5.83. The van der Waals surface area contributed by atoms with E-state index in [9.17, 15) is 0 Å². The summed E-state index contributed by atoms with van der Waals surface area (Å²) in [7, 11) is 3.33. The summed E-state index contributed by atoms with van der Waals surface area (Å²) in [5, 5.41) is 0. The second-order valence-corrected chi connectivity index (χ2v) is 12.0. The molecule has 0 aliphatic carbocycles. The number of methoxy groups -OCH3 is 2. The predicted molar refractivity (Wildman–Crippen MR) is 203 cm³/mol. The summed E-state index contributed by atoms with van der Waals surface area (Å²) in [6, 6.07) is 52.3. The number of nitrogens with zero attached hydrogens (tertiary/aromatic N) is 2. The fraction of sp³-hybridized carbons (Fsp3) is 0.0455. The highest BCUT2D eigenvalue weighted by Crippen LogP contribution is 2.37. The van der Waals surface area contributed by atoms with E-state index in [2.05, 4.69) is 58.5 Å². The molecule has 0 fully saturated rings. The van der Waals surface area contributed by atoms with Crippen molar-refractivity contribution in [2.75, 3.05) is 14.2 Å². The van der Waals surface area contributed by atoms with Crippen LogP contribution < -0.4 is 14.2 Å². The molecule has 0 radical (unpaired) electrons. The zero-order valence-electron chi connectivity index (χ0n) is 28.1. The molecule has 2 heterocycles. The van der Waals surface area contributed by atoms with E-state index < -0.39 is 0 Å². The van der Waals surface area contributed by atoms with Crippen molar-refractivity contribution in [1.82, 2.24) is 19.9 Å². The monoisotopic (exact) mass is 666 g/mol. The van der Waals surface area contributed by atoms with Gasteiger partial charge in [0.2, 0.25) is 0 Å². The number of rotatable bonds is 10. The highest BCUT2D eigenvalue weighted by Gasteiger charge is 2.17. The Morgan fingerprint density at radius 3 is 1.04 bits per heavy atom. The van der Waals surface area contributed by atoms with E-state index in [1.165, 1.54) is 0 Å². The lowest BCUT2D eigenvalue weighted by molar-refractivity contribution is 0.415. The second-order valence-electron chi connectivity index (χ2n) is 12.0. The van der Waals surface area contributed by atoms with Crippen LogP contribution in [-0.2, 0) is 0 Å². The molecule has 0 amide bonds. The molecule has 2 N–H and O–H groups in total. The maximum absolute atomic E-state index is 6.31. The Labute approximate surface area is 296 Å². The van der Waals surface area contributed by atoms with Crippen LogP contribution in [0.4, 0.5) is 0 Å². The Hall–Kier alpha value is -6.86. The van der Waals surface area contributed by atoms with Crippen LogP contribution in [0, 0.1) is 0 Å². The van der Waals surface area contributed by atoms with Crippen molar-refractivity contribution in [3.8, 4) is 90.8 Å². The fourth-order valence-corrected chi connectivity index (χ4v) is 6.06. The van der Waals surface area contributed by atoms with Gasteiger partial charge in [0.15, 0.2) is 0 Å². The van der Waals surface area contributed by atoms with E-state index in [1.54, 1.807) is 14.2 Å². The third kappa shape index (κ3) is 6.60. The number of imidazole rings is 2. The molecule has 8 rings (SSSR count). The van der Waals surface area contributed by atoms with Gasteiger partial charge in [0.1, 0.15) is 34.6 Å². The van der Waals surface area contributed by atoms with Crippen molar-refractivity contribution in [2.24, 2.45) is 0 Å². The second kappa shape index (κ2) is 13.9. The zero-order chi connectivity index (χ0) is 34.6. The smallest absolute Gasteiger partial charge is 0.138 e. The summed E-state index contributed by atoms with van der Waals surface area (Å²) < 4.78 is 17.0.